The van der Waals surface area contributed by atoms with Crippen LogP contribution in [-0.4, -0.2) is 25.0 Å². The van der Waals surface area contributed by atoms with Gasteiger partial charge in [-0.3, -0.25) is 9.59 Å². The van der Waals surface area contributed by atoms with Gasteiger partial charge in [-0.15, -0.1) is 0 Å². The lowest BCUT2D eigenvalue weighted by Crippen LogP contribution is -2.42. The molecule has 21 heavy (non-hydrogen) atoms. The van der Waals surface area contributed by atoms with Crippen LogP contribution >= 0.6 is 11.6 Å². The van der Waals surface area contributed by atoms with Crippen molar-refractivity contribution in [3.05, 3.63) is 23.2 Å². The van der Waals surface area contributed by atoms with Gasteiger partial charge in [-0.25, -0.2) is 0 Å². The maximum absolute atomic E-state index is 12.3. The van der Waals surface area contributed by atoms with Gasteiger partial charge >= 0.3 is 0 Å². The highest BCUT2D eigenvalue weighted by Crippen LogP contribution is 2.47. The van der Waals surface area contributed by atoms with Crippen LogP contribution in [0.1, 0.15) is 26.7 Å². The van der Waals surface area contributed by atoms with Crippen molar-refractivity contribution in [1.82, 2.24) is 5.32 Å². The molecule has 1 fully saturated rings. The zero-order valence-corrected chi connectivity index (χ0v) is 13.1. The smallest absolute Gasteiger partial charge is 0.240 e. The second kappa shape index (κ2) is 5.93. The minimum absolute atomic E-state index is 0.0122. The number of halogens is 1. The number of ether oxygens (including phenoxy) is 1. The number of amides is 2. The summed E-state index contributed by atoms with van der Waals surface area (Å²) in [6.45, 7) is 3.74. The molecule has 0 atom stereocenters. The van der Waals surface area contributed by atoms with Crippen molar-refractivity contribution < 1.29 is 14.3 Å². The fourth-order valence-electron chi connectivity index (χ4n) is 2.08. The van der Waals surface area contributed by atoms with Crippen LogP contribution in [0.2, 0.25) is 5.02 Å². The highest BCUT2D eigenvalue weighted by atomic mass is 35.5. The number of carbonyl (C=O) groups is 2. The predicted molar refractivity (Wildman–Crippen MR) is 81.6 cm³/mol. The molecule has 2 amide bonds. The molecule has 1 aliphatic rings. The van der Waals surface area contributed by atoms with Crippen molar-refractivity contribution >= 4 is 29.1 Å². The van der Waals surface area contributed by atoms with Crippen LogP contribution in [0.3, 0.4) is 0 Å². The molecule has 5 nitrogen and oxygen atoms in total. The summed E-state index contributed by atoms with van der Waals surface area (Å²) in [7, 11) is 1.52. The Bertz CT molecular complexity index is 568. The number of carbonyl (C=O) groups excluding carboxylic acids is 2. The summed E-state index contributed by atoms with van der Waals surface area (Å²) in [6.07, 6.45) is 1.14. The normalized spacial score (nSPS) is 15.5. The first kappa shape index (κ1) is 15.6. The summed E-state index contributed by atoms with van der Waals surface area (Å²) in [4.78, 5) is 24.5. The molecule has 2 rings (SSSR count). The van der Waals surface area contributed by atoms with Gasteiger partial charge in [-0.1, -0.05) is 11.6 Å². The molecule has 0 radical (unpaired) electrons. The summed E-state index contributed by atoms with van der Waals surface area (Å²) in [5, 5.41) is 5.96. The third-order valence-corrected chi connectivity index (χ3v) is 3.74. The zero-order chi connectivity index (χ0) is 15.6. The lowest BCUT2D eigenvalue weighted by molar-refractivity contribution is -0.134. The molecule has 2 N–H and O–H groups in total. The number of methoxy groups -OCH3 is 1. The number of benzene rings is 1. The summed E-state index contributed by atoms with van der Waals surface area (Å²) in [6, 6.07) is 4.98. The Morgan fingerprint density at radius 3 is 2.43 bits per heavy atom. The molecule has 0 aliphatic heterocycles. The van der Waals surface area contributed by atoms with Crippen LogP contribution in [-0.2, 0) is 9.59 Å². The Morgan fingerprint density at radius 2 is 1.95 bits per heavy atom. The summed E-state index contributed by atoms with van der Waals surface area (Å²) in [5.41, 5.74) is -0.383. The van der Waals surface area contributed by atoms with E-state index in [1.807, 2.05) is 13.8 Å². The van der Waals surface area contributed by atoms with Gasteiger partial charge in [0, 0.05) is 11.7 Å². The quantitative estimate of drug-likeness (QED) is 0.821. The van der Waals surface area contributed by atoms with Crippen molar-refractivity contribution in [3.8, 4) is 5.75 Å². The molecule has 0 heterocycles. The van der Waals surface area contributed by atoms with Gasteiger partial charge in [0.25, 0.3) is 0 Å². The topological polar surface area (TPSA) is 67.4 Å². The van der Waals surface area contributed by atoms with Crippen LogP contribution in [0.4, 0.5) is 5.69 Å². The van der Waals surface area contributed by atoms with E-state index in [9.17, 15) is 9.59 Å². The Balaban J connectivity index is 2.08. The van der Waals surface area contributed by atoms with E-state index >= 15 is 0 Å². The maximum atomic E-state index is 12.3. The molecule has 0 aromatic heterocycles. The molecule has 1 aromatic carbocycles. The van der Waals surface area contributed by atoms with Gasteiger partial charge in [0.05, 0.1) is 12.1 Å². The van der Waals surface area contributed by atoms with Gasteiger partial charge < -0.3 is 15.4 Å². The number of hydrogen-bond acceptors (Lipinski definition) is 3. The minimum atomic E-state index is -0.934. The molecule has 1 saturated carbocycles. The lowest BCUT2D eigenvalue weighted by atomic mass is 10.0. The largest absolute Gasteiger partial charge is 0.495 e. The second-order valence-corrected chi connectivity index (χ2v) is 5.92. The van der Waals surface area contributed by atoms with Crippen molar-refractivity contribution in [2.45, 2.75) is 32.7 Å². The monoisotopic (exact) mass is 310 g/mol. The Labute approximate surface area is 129 Å². The van der Waals surface area contributed by atoms with E-state index in [4.69, 9.17) is 16.3 Å². The van der Waals surface area contributed by atoms with Crippen molar-refractivity contribution in [3.63, 3.8) is 0 Å². The Hall–Kier alpha value is -1.75. The molecule has 0 bridgehead atoms. The SMILES string of the molecule is COc1ccc(NC(=O)C2(C(=O)NC(C)C)CC2)cc1Cl. The van der Waals surface area contributed by atoms with E-state index in [2.05, 4.69) is 10.6 Å². The van der Waals surface area contributed by atoms with Gasteiger partial charge in [-0.2, -0.15) is 0 Å². The molecular formula is C15H19ClN2O3. The van der Waals surface area contributed by atoms with Crippen molar-refractivity contribution in [2.75, 3.05) is 12.4 Å². The van der Waals surface area contributed by atoms with Crippen molar-refractivity contribution in [1.29, 1.82) is 0 Å². The Kier molecular flexibility index (Phi) is 4.42. The summed E-state index contributed by atoms with van der Waals surface area (Å²) < 4.78 is 5.06. The predicted octanol–water partition coefficient (Wildman–Crippen LogP) is 2.59. The van der Waals surface area contributed by atoms with Crippen LogP contribution in [0.25, 0.3) is 0 Å². The highest BCUT2D eigenvalue weighted by molar-refractivity contribution is 6.32. The summed E-state index contributed by atoms with van der Waals surface area (Å²) in [5.74, 6) is 0.0323. The third-order valence-electron chi connectivity index (χ3n) is 3.45. The fraction of sp³-hybridized carbons (Fsp3) is 0.467. The van der Waals surface area contributed by atoms with E-state index in [1.54, 1.807) is 18.2 Å². The number of rotatable bonds is 5. The third kappa shape index (κ3) is 3.29. The zero-order valence-electron chi connectivity index (χ0n) is 12.3. The van der Waals surface area contributed by atoms with Crippen LogP contribution in [0.15, 0.2) is 18.2 Å². The molecule has 0 spiro atoms. The fourth-order valence-corrected chi connectivity index (χ4v) is 2.34. The van der Waals surface area contributed by atoms with Gasteiger partial charge in [0.15, 0.2) is 0 Å². The van der Waals surface area contributed by atoms with E-state index in [0.717, 1.165) is 0 Å². The first-order valence-electron chi connectivity index (χ1n) is 6.85. The van der Waals surface area contributed by atoms with Gasteiger partial charge in [-0.05, 0) is 44.9 Å². The van der Waals surface area contributed by atoms with Crippen LogP contribution in [0, 0.1) is 5.41 Å². The standard InChI is InChI=1S/C15H19ClN2O3/c1-9(2)17-13(19)15(6-7-15)14(20)18-10-4-5-12(21-3)11(16)8-10/h4-5,8-9H,6-7H2,1-3H3,(H,17,19)(H,18,20). The average molecular weight is 311 g/mol. The number of nitrogens with one attached hydrogen (secondary N) is 2. The first-order chi connectivity index (χ1) is 9.89. The van der Waals surface area contributed by atoms with E-state index < -0.39 is 5.41 Å². The maximum Gasteiger partial charge on any atom is 0.240 e. The van der Waals surface area contributed by atoms with Crippen LogP contribution < -0.4 is 15.4 Å². The molecule has 6 heteroatoms. The average Bonchev–Trinajstić information content (AvgIpc) is 3.19. The van der Waals surface area contributed by atoms with Crippen molar-refractivity contribution in [2.24, 2.45) is 5.41 Å². The first-order valence-corrected chi connectivity index (χ1v) is 7.23. The molecular weight excluding hydrogens is 292 g/mol. The second-order valence-electron chi connectivity index (χ2n) is 5.51. The number of anilines is 1. The van der Waals surface area contributed by atoms with Gasteiger partial charge in [0.1, 0.15) is 11.2 Å². The Morgan fingerprint density at radius 1 is 1.29 bits per heavy atom. The molecule has 114 valence electrons. The van der Waals surface area contributed by atoms with E-state index in [1.165, 1.54) is 7.11 Å². The van der Waals surface area contributed by atoms with Crippen LogP contribution in [0.5, 0.6) is 5.75 Å². The molecule has 0 saturated heterocycles. The van der Waals surface area contributed by atoms with E-state index in [-0.39, 0.29) is 17.9 Å². The van der Waals surface area contributed by atoms with Gasteiger partial charge in [0.2, 0.25) is 11.8 Å². The lowest BCUT2D eigenvalue weighted by Gasteiger charge is -2.17. The molecule has 1 aromatic rings. The minimum Gasteiger partial charge on any atom is -0.495 e. The van der Waals surface area contributed by atoms with E-state index in [0.29, 0.717) is 29.3 Å². The molecule has 0 unspecified atom stereocenters. The highest BCUT2D eigenvalue weighted by Gasteiger charge is 2.56. The molecule has 1 aliphatic carbocycles. The summed E-state index contributed by atoms with van der Waals surface area (Å²) >= 11 is 6.02. The number of hydrogen-bond donors (Lipinski definition) is 2.